The summed E-state index contributed by atoms with van der Waals surface area (Å²) in [7, 11) is 0. The average molecular weight is 334 g/mol. The third kappa shape index (κ3) is 4.57. The van der Waals surface area contributed by atoms with E-state index in [1.807, 2.05) is 18.1 Å². The molecule has 1 aromatic rings. The molecule has 0 saturated carbocycles. The summed E-state index contributed by atoms with van der Waals surface area (Å²) in [4.78, 5) is 14.7. The van der Waals surface area contributed by atoms with Crippen molar-refractivity contribution in [3.05, 3.63) is 5.28 Å². The van der Waals surface area contributed by atoms with Gasteiger partial charge in [-0.3, -0.25) is 0 Å². The van der Waals surface area contributed by atoms with E-state index < -0.39 is 0 Å². The Kier molecular flexibility index (Phi) is 6.28. The van der Waals surface area contributed by atoms with E-state index in [1.54, 1.807) is 11.8 Å². The van der Waals surface area contributed by atoms with Crippen molar-refractivity contribution < 1.29 is 9.84 Å². The topological polar surface area (TPSA) is 83.4 Å². The van der Waals surface area contributed by atoms with E-state index >= 15 is 0 Å². The number of ether oxygens (including phenoxy) is 1. The molecule has 7 nitrogen and oxygen atoms in total. The summed E-state index contributed by atoms with van der Waals surface area (Å²) >= 11 is 7.58. The van der Waals surface area contributed by atoms with Gasteiger partial charge in [0.2, 0.25) is 17.2 Å². The Labute approximate surface area is 133 Å². The van der Waals surface area contributed by atoms with Crippen LogP contribution in [0.4, 0.5) is 11.9 Å². The minimum Gasteiger partial charge on any atom is -0.395 e. The summed E-state index contributed by atoms with van der Waals surface area (Å²) < 4.78 is 5.31. The molecule has 2 heterocycles. The van der Waals surface area contributed by atoms with Crippen molar-refractivity contribution in [1.29, 1.82) is 0 Å². The third-order valence-electron chi connectivity index (χ3n) is 3.29. The standard InChI is InChI=1S/C12H20ClN5O2S/c1-8(9(7-19)21-2)14-11-15-10(13)16-12(17-11)18-3-5-20-6-4-18/h8-9,19H,3-7H2,1-2H3,(H,14,15,16,17). The summed E-state index contributed by atoms with van der Waals surface area (Å²) in [6, 6.07) is 0.0148. The van der Waals surface area contributed by atoms with Crippen molar-refractivity contribution in [2.24, 2.45) is 0 Å². The Morgan fingerprint density at radius 1 is 1.38 bits per heavy atom. The van der Waals surface area contributed by atoms with E-state index in [9.17, 15) is 5.11 Å². The molecule has 0 spiro atoms. The molecular formula is C12H20ClN5O2S. The van der Waals surface area contributed by atoms with Crippen molar-refractivity contribution in [2.45, 2.75) is 18.2 Å². The van der Waals surface area contributed by atoms with Crippen LogP contribution in [0.5, 0.6) is 0 Å². The summed E-state index contributed by atoms with van der Waals surface area (Å²) in [6.45, 7) is 4.84. The van der Waals surface area contributed by atoms with Crippen LogP contribution in [0, 0.1) is 0 Å². The highest BCUT2D eigenvalue weighted by Crippen LogP contribution is 2.18. The van der Waals surface area contributed by atoms with Crippen LogP contribution in [0.2, 0.25) is 5.28 Å². The summed E-state index contributed by atoms with van der Waals surface area (Å²) in [6.07, 6.45) is 1.96. The number of aliphatic hydroxyl groups excluding tert-OH is 1. The molecule has 1 aliphatic heterocycles. The number of aromatic nitrogens is 3. The number of hydrogen-bond donors (Lipinski definition) is 2. The maximum atomic E-state index is 9.33. The lowest BCUT2D eigenvalue weighted by Crippen LogP contribution is -2.38. The second kappa shape index (κ2) is 7.98. The van der Waals surface area contributed by atoms with E-state index in [0.717, 1.165) is 13.1 Å². The van der Waals surface area contributed by atoms with Crippen LogP contribution in [-0.2, 0) is 4.74 Å². The van der Waals surface area contributed by atoms with Crippen LogP contribution in [0.1, 0.15) is 6.92 Å². The number of aliphatic hydroxyl groups is 1. The van der Waals surface area contributed by atoms with E-state index in [-0.39, 0.29) is 23.2 Å². The highest BCUT2D eigenvalue weighted by Gasteiger charge is 2.19. The largest absolute Gasteiger partial charge is 0.395 e. The van der Waals surface area contributed by atoms with Gasteiger partial charge in [0.05, 0.1) is 19.8 Å². The van der Waals surface area contributed by atoms with Gasteiger partial charge in [-0.1, -0.05) is 0 Å². The zero-order chi connectivity index (χ0) is 15.2. The van der Waals surface area contributed by atoms with Gasteiger partial charge in [-0.15, -0.1) is 0 Å². The minimum atomic E-state index is 0.0148. The van der Waals surface area contributed by atoms with Crippen LogP contribution in [0.3, 0.4) is 0 Å². The number of rotatable bonds is 6. The Balaban J connectivity index is 2.10. The molecule has 2 atom stereocenters. The number of anilines is 2. The molecule has 2 unspecified atom stereocenters. The lowest BCUT2D eigenvalue weighted by atomic mass is 10.2. The number of halogens is 1. The van der Waals surface area contributed by atoms with Gasteiger partial charge in [0.25, 0.3) is 0 Å². The molecule has 21 heavy (non-hydrogen) atoms. The van der Waals surface area contributed by atoms with Crippen LogP contribution >= 0.6 is 23.4 Å². The Bertz CT molecular complexity index is 457. The van der Waals surface area contributed by atoms with Crippen LogP contribution in [-0.4, -0.2) is 70.5 Å². The van der Waals surface area contributed by atoms with Gasteiger partial charge >= 0.3 is 0 Å². The number of morpholine rings is 1. The van der Waals surface area contributed by atoms with E-state index in [4.69, 9.17) is 16.3 Å². The molecule has 1 saturated heterocycles. The second-order valence-electron chi connectivity index (χ2n) is 4.72. The molecule has 0 bridgehead atoms. The van der Waals surface area contributed by atoms with E-state index in [2.05, 4.69) is 20.3 Å². The van der Waals surface area contributed by atoms with Gasteiger partial charge in [0, 0.05) is 24.4 Å². The first-order valence-electron chi connectivity index (χ1n) is 6.78. The maximum Gasteiger partial charge on any atom is 0.231 e. The number of nitrogens with zero attached hydrogens (tertiary/aromatic N) is 4. The molecule has 2 rings (SSSR count). The van der Waals surface area contributed by atoms with Crippen molar-refractivity contribution in [1.82, 2.24) is 15.0 Å². The normalized spacial score (nSPS) is 18.4. The van der Waals surface area contributed by atoms with Gasteiger partial charge in [0.15, 0.2) is 0 Å². The van der Waals surface area contributed by atoms with Crippen LogP contribution in [0.25, 0.3) is 0 Å². The van der Waals surface area contributed by atoms with Gasteiger partial charge < -0.3 is 20.1 Å². The van der Waals surface area contributed by atoms with E-state index in [0.29, 0.717) is 25.1 Å². The number of hydrogen-bond acceptors (Lipinski definition) is 8. The Morgan fingerprint density at radius 3 is 2.71 bits per heavy atom. The molecular weight excluding hydrogens is 314 g/mol. The van der Waals surface area contributed by atoms with Crippen LogP contribution in [0.15, 0.2) is 0 Å². The van der Waals surface area contributed by atoms with Crippen molar-refractivity contribution in [3.8, 4) is 0 Å². The molecule has 1 aliphatic rings. The number of nitrogens with one attached hydrogen (secondary N) is 1. The molecule has 1 aromatic heterocycles. The predicted octanol–water partition coefficient (Wildman–Crippen LogP) is 0.886. The minimum absolute atomic E-state index is 0.0148. The Morgan fingerprint density at radius 2 is 2.10 bits per heavy atom. The molecule has 2 N–H and O–H groups in total. The van der Waals surface area contributed by atoms with E-state index in [1.165, 1.54) is 0 Å². The smallest absolute Gasteiger partial charge is 0.231 e. The Hall–Kier alpha value is -0.830. The monoisotopic (exact) mass is 333 g/mol. The molecule has 0 radical (unpaired) electrons. The van der Waals surface area contributed by atoms with Crippen molar-refractivity contribution in [2.75, 3.05) is 49.4 Å². The predicted molar refractivity (Wildman–Crippen MR) is 85.3 cm³/mol. The first-order valence-corrected chi connectivity index (χ1v) is 8.45. The SMILES string of the molecule is CSC(CO)C(C)Nc1nc(Cl)nc(N2CCOCC2)n1. The molecule has 0 amide bonds. The summed E-state index contributed by atoms with van der Waals surface area (Å²) in [5, 5.41) is 12.7. The fourth-order valence-electron chi connectivity index (χ4n) is 2.04. The number of thioether (sulfide) groups is 1. The second-order valence-corrected chi connectivity index (χ2v) is 6.13. The zero-order valence-corrected chi connectivity index (χ0v) is 13.7. The van der Waals surface area contributed by atoms with Gasteiger partial charge in [0.1, 0.15) is 0 Å². The fraction of sp³-hybridized carbons (Fsp3) is 0.750. The van der Waals surface area contributed by atoms with Gasteiger partial charge in [-0.2, -0.15) is 26.7 Å². The lowest BCUT2D eigenvalue weighted by molar-refractivity contribution is 0.122. The fourth-order valence-corrected chi connectivity index (χ4v) is 2.82. The third-order valence-corrected chi connectivity index (χ3v) is 4.62. The van der Waals surface area contributed by atoms with Crippen molar-refractivity contribution >= 4 is 35.3 Å². The summed E-state index contributed by atoms with van der Waals surface area (Å²) in [5.41, 5.74) is 0. The lowest BCUT2D eigenvalue weighted by Gasteiger charge is -2.27. The molecule has 0 aromatic carbocycles. The van der Waals surface area contributed by atoms with Gasteiger partial charge in [-0.05, 0) is 24.8 Å². The molecule has 118 valence electrons. The maximum absolute atomic E-state index is 9.33. The molecule has 0 aliphatic carbocycles. The quantitative estimate of drug-likeness (QED) is 0.794. The van der Waals surface area contributed by atoms with Crippen LogP contribution < -0.4 is 10.2 Å². The molecule has 1 fully saturated rings. The first-order chi connectivity index (χ1) is 10.1. The van der Waals surface area contributed by atoms with Crippen molar-refractivity contribution in [3.63, 3.8) is 0 Å². The van der Waals surface area contributed by atoms with Gasteiger partial charge in [-0.25, -0.2) is 0 Å². The highest BCUT2D eigenvalue weighted by molar-refractivity contribution is 7.99. The highest BCUT2D eigenvalue weighted by atomic mass is 35.5. The zero-order valence-electron chi connectivity index (χ0n) is 12.1. The summed E-state index contributed by atoms with van der Waals surface area (Å²) in [5.74, 6) is 0.981. The molecule has 9 heteroatoms. The average Bonchev–Trinajstić information content (AvgIpc) is 2.49. The first kappa shape index (κ1) is 16.5.